The maximum atomic E-state index is 10.8. The van der Waals surface area contributed by atoms with Gasteiger partial charge in [0.15, 0.2) is 5.69 Å². The number of halogens is 1. The third-order valence-corrected chi connectivity index (χ3v) is 2.83. The van der Waals surface area contributed by atoms with Crippen molar-refractivity contribution in [3.63, 3.8) is 0 Å². The standard InChI is InChI=1S/C12H11BrN4O/c13-9-3-1-8(2-4-9)7-15-11-6-5-10(12(14)18)16-17-11/h1-6H,7H2,(H2,14,18)(H,15,17). The number of hydrogen-bond donors (Lipinski definition) is 2. The lowest BCUT2D eigenvalue weighted by atomic mass is 10.2. The fourth-order valence-corrected chi connectivity index (χ4v) is 1.62. The number of aromatic nitrogens is 2. The van der Waals surface area contributed by atoms with Crippen molar-refractivity contribution >= 4 is 27.7 Å². The average molecular weight is 307 g/mol. The summed E-state index contributed by atoms with van der Waals surface area (Å²) in [5, 5.41) is 10.7. The molecule has 0 aliphatic heterocycles. The van der Waals surface area contributed by atoms with E-state index in [0.29, 0.717) is 12.4 Å². The first-order chi connectivity index (χ1) is 8.65. The van der Waals surface area contributed by atoms with E-state index in [2.05, 4.69) is 31.4 Å². The zero-order valence-electron chi connectivity index (χ0n) is 9.43. The van der Waals surface area contributed by atoms with E-state index in [1.165, 1.54) is 0 Å². The molecule has 0 saturated heterocycles. The highest BCUT2D eigenvalue weighted by atomic mass is 79.9. The van der Waals surface area contributed by atoms with E-state index < -0.39 is 5.91 Å². The second-order valence-corrected chi connectivity index (χ2v) is 4.56. The molecule has 1 amide bonds. The molecular weight excluding hydrogens is 296 g/mol. The van der Waals surface area contributed by atoms with E-state index in [-0.39, 0.29) is 5.69 Å². The summed E-state index contributed by atoms with van der Waals surface area (Å²) in [5.74, 6) is 0.0184. The lowest BCUT2D eigenvalue weighted by Crippen LogP contribution is -2.14. The van der Waals surface area contributed by atoms with E-state index in [0.717, 1.165) is 10.0 Å². The molecule has 92 valence electrons. The maximum absolute atomic E-state index is 10.8. The predicted molar refractivity (Wildman–Crippen MR) is 72.0 cm³/mol. The van der Waals surface area contributed by atoms with Crippen molar-refractivity contribution in [2.24, 2.45) is 5.73 Å². The summed E-state index contributed by atoms with van der Waals surface area (Å²) in [7, 11) is 0. The summed E-state index contributed by atoms with van der Waals surface area (Å²) in [6.45, 7) is 0.637. The molecule has 3 N–H and O–H groups in total. The first-order valence-electron chi connectivity index (χ1n) is 5.27. The maximum Gasteiger partial charge on any atom is 0.269 e. The van der Waals surface area contributed by atoms with Gasteiger partial charge in [-0.15, -0.1) is 10.2 Å². The second kappa shape index (κ2) is 5.59. The van der Waals surface area contributed by atoms with Gasteiger partial charge in [-0.1, -0.05) is 28.1 Å². The molecular formula is C12H11BrN4O. The minimum absolute atomic E-state index is 0.157. The van der Waals surface area contributed by atoms with Crippen LogP contribution in [0.1, 0.15) is 16.1 Å². The van der Waals surface area contributed by atoms with Gasteiger partial charge in [-0.25, -0.2) is 0 Å². The van der Waals surface area contributed by atoms with Crippen LogP contribution in [0.3, 0.4) is 0 Å². The molecule has 0 bridgehead atoms. The Kier molecular flexibility index (Phi) is 3.88. The second-order valence-electron chi connectivity index (χ2n) is 3.65. The number of amides is 1. The third-order valence-electron chi connectivity index (χ3n) is 2.30. The molecule has 1 heterocycles. The molecule has 0 aliphatic carbocycles. The zero-order chi connectivity index (χ0) is 13.0. The Labute approximate surface area is 113 Å². The van der Waals surface area contributed by atoms with Crippen LogP contribution in [0.15, 0.2) is 40.9 Å². The molecule has 1 aromatic carbocycles. The van der Waals surface area contributed by atoms with Crippen LogP contribution in [0.5, 0.6) is 0 Å². The Balaban J connectivity index is 1.97. The van der Waals surface area contributed by atoms with Gasteiger partial charge in [0.1, 0.15) is 5.82 Å². The first-order valence-corrected chi connectivity index (χ1v) is 6.06. The Hall–Kier alpha value is -1.95. The Morgan fingerprint density at radius 2 is 1.89 bits per heavy atom. The average Bonchev–Trinajstić information content (AvgIpc) is 2.38. The number of primary amides is 1. The summed E-state index contributed by atoms with van der Waals surface area (Å²) in [5.41, 5.74) is 6.36. The molecule has 0 unspecified atom stereocenters. The van der Waals surface area contributed by atoms with Gasteiger partial charge in [-0.3, -0.25) is 4.79 Å². The van der Waals surface area contributed by atoms with Crippen molar-refractivity contribution in [2.75, 3.05) is 5.32 Å². The van der Waals surface area contributed by atoms with Crippen LogP contribution in [0, 0.1) is 0 Å². The van der Waals surface area contributed by atoms with Crippen LogP contribution in [-0.4, -0.2) is 16.1 Å². The van der Waals surface area contributed by atoms with Crippen molar-refractivity contribution in [3.8, 4) is 0 Å². The molecule has 18 heavy (non-hydrogen) atoms. The Morgan fingerprint density at radius 3 is 2.44 bits per heavy atom. The molecule has 0 saturated carbocycles. The van der Waals surface area contributed by atoms with E-state index in [4.69, 9.17) is 5.73 Å². The van der Waals surface area contributed by atoms with Crippen molar-refractivity contribution in [1.82, 2.24) is 10.2 Å². The van der Waals surface area contributed by atoms with Crippen LogP contribution in [0.4, 0.5) is 5.82 Å². The van der Waals surface area contributed by atoms with Crippen LogP contribution < -0.4 is 11.1 Å². The summed E-state index contributed by atoms with van der Waals surface area (Å²) < 4.78 is 1.04. The van der Waals surface area contributed by atoms with Gasteiger partial charge in [-0.2, -0.15) is 0 Å². The Bertz CT molecular complexity index is 539. The topological polar surface area (TPSA) is 80.9 Å². The SMILES string of the molecule is NC(=O)c1ccc(NCc2ccc(Br)cc2)nn1. The lowest BCUT2D eigenvalue weighted by molar-refractivity contribution is 0.0994. The number of rotatable bonds is 4. The number of carbonyl (C=O) groups is 1. The molecule has 0 spiro atoms. The van der Waals surface area contributed by atoms with Crippen LogP contribution in [-0.2, 0) is 6.54 Å². The summed E-state index contributed by atoms with van der Waals surface area (Å²) in [6, 6.07) is 11.2. The van der Waals surface area contributed by atoms with E-state index in [1.54, 1.807) is 12.1 Å². The van der Waals surface area contributed by atoms with Crippen LogP contribution in [0.2, 0.25) is 0 Å². The summed E-state index contributed by atoms with van der Waals surface area (Å²) in [4.78, 5) is 10.8. The lowest BCUT2D eigenvalue weighted by Gasteiger charge is -2.05. The zero-order valence-corrected chi connectivity index (χ0v) is 11.0. The van der Waals surface area contributed by atoms with E-state index >= 15 is 0 Å². The van der Waals surface area contributed by atoms with Gasteiger partial charge < -0.3 is 11.1 Å². The molecule has 0 atom stereocenters. The minimum atomic E-state index is -0.582. The number of nitrogens with two attached hydrogens (primary N) is 1. The fraction of sp³-hybridized carbons (Fsp3) is 0.0833. The van der Waals surface area contributed by atoms with E-state index in [9.17, 15) is 4.79 Å². The minimum Gasteiger partial charge on any atom is -0.365 e. The van der Waals surface area contributed by atoms with E-state index in [1.807, 2.05) is 24.3 Å². The highest BCUT2D eigenvalue weighted by Crippen LogP contribution is 2.11. The monoisotopic (exact) mass is 306 g/mol. The highest BCUT2D eigenvalue weighted by molar-refractivity contribution is 9.10. The number of benzene rings is 1. The van der Waals surface area contributed by atoms with Gasteiger partial charge in [0.2, 0.25) is 0 Å². The number of hydrogen-bond acceptors (Lipinski definition) is 4. The third kappa shape index (κ3) is 3.27. The molecule has 5 nitrogen and oxygen atoms in total. The fourth-order valence-electron chi connectivity index (χ4n) is 1.35. The molecule has 0 fully saturated rings. The quantitative estimate of drug-likeness (QED) is 0.904. The number of carbonyl (C=O) groups excluding carboxylic acids is 1. The Morgan fingerprint density at radius 1 is 1.17 bits per heavy atom. The number of nitrogens with zero attached hydrogens (tertiary/aromatic N) is 2. The number of anilines is 1. The van der Waals surface area contributed by atoms with Crippen molar-refractivity contribution in [1.29, 1.82) is 0 Å². The largest absolute Gasteiger partial charge is 0.365 e. The molecule has 0 radical (unpaired) electrons. The first kappa shape index (κ1) is 12.5. The van der Waals surface area contributed by atoms with Crippen molar-refractivity contribution in [2.45, 2.75) is 6.54 Å². The van der Waals surface area contributed by atoms with Gasteiger partial charge >= 0.3 is 0 Å². The van der Waals surface area contributed by atoms with Gasteiger partial charge in [0.05, 0.1) is 0 Å². The highest BCUT2D eigenvalue weighted by Gasteiger charge is 2.02. The summed E-state index contributed by atoms with van der Waals surface area (Å²) >= 11 is 3.38. The predicted octanol–water partition coefficient (Wildman–Crippen LogP) is 1.95. The number of nitrogens with one attached hydrogen (secondary N) is 1. The van der Waals surface area contributed by atoms with Crippen LogP contribution >= 0.6 is 15.9 Å². The van der Waals surface area contributed by atoms with Crippen LogP contribution in [0.25, 0.3) is 0 Å². The smallest absolute Gasteiger partial charge is 0.269 e. The molecule has 0 aliphatic rings. The molecule has 1 aromatic heterocycles. The summed E-state index contributed by atoms with van der Waals surface area (Å²) in [6.07, 6.45) is 0. The van der Waals surface area contributed by atoms with Gasteiger partial charge in [-0.05, 0) is 29.8 Å². The van der Waals surface area contributed by atoms with Crippen molar-refractivity contribution in [3.05, 3.63) is 52.1 Å². The molecule has 2 aromatic rings. The normalized spacial score (nSPS) is 10.1. The van der Waals surface area contributed by atoms with Gasteiger partial charge in [0, 0.05) is 11.0 Å². The van der Waals surface area contributed by atoms with Gasteiger partial charge in [0.25, 0.3) is 5.91 Å². The molecule has 2 rings (SSSR count). The molecule has 6 heteroatoms. The van der Waals surface area contributed by atoms with Crippen molar-refractivity contribution < 1.29 is 4.79 Å².